The predicted molar refractivity (Wildman–Crippen MR) is 139 cm³/mol. The van der Waals surface area contributed by atoms with Gasteiger partial charge < -0.3 is 25.4 Å². The lowest BCUT2D eigenvalue weighted by atomic mass is 10.1. The summed E-state index contributed by atoms with van der Waals surface area (Å²) in [6.45, 7) is 5.87. The highest BCUT2D eigenvalue weighted by Gasteiger charge is 2.35. The molecule has 0 spiro atoms. The number of nitrogens with one attached hydrogen (secondary N) is 3. The Kier molecular flexibility index (Phi) is 6.53. The second-order valence-corrected chi connectivity index (χ2v) is 9.11. The molecule has 38 heavy (non-hydrogen) atoms. The maximum Gasteiger partial charge on any atom is 0.307 e. The average Bonchev–Trinajstić information content (AvgIpc) is 3.28. The van der Waals surface area contributed by atoms with E-state index in [2.05, 4.69) is 31.0 Å². The van der Waals surface area contributed by atoms with Gasteiger partial charge in [0, 0.05) is 16.8 Å². The number of amides is 1. The van der Waals surface area contributed by atoms with Gasteiger partial charge in [-0.3, -0.25) is 14.3 Å². The molecule has 0 saturated carbocycles. The van der Waals surface area contributed by atoms with Crippen LogP contribution in [0.5, 0.6) is 5.75 Å². The van der Waals surface area contributed by atoms with E-state index in [1.807, 2.05) is 18.2 Å². The molecular weight excluding hydrogens is 493 g/mol. The van der Waals surface area contributed by atoms with Crippen molar-refractivity contribution in [2.45, 2.75) is 39.3 Å². The summed E-state index contributed by atoms with van der Waals surface area (Å²) in [6.07, 6.45) is 2.99. The molecule has 2 aromatic carbocycles. The quantitative estimate of drug-likeness (QED) is 0.288. The molecule has 0 aliphatic carbocycles. The third-order valence-corrected chi connectivity index (χ3v) is 5.88. The molecule has 0 saturated heterocycles. The van der Waals surface area contributed by atoms with Crippen molar-refractivity contribution in [3.63, 3.8) is 0 Å². The van der Waals surface area contributed by atoms with Gasteiger partial charge in [0.05, 0.1) is 43.2 Å². The molecule has 3 heterocycles. The van der Waals surface area contributed by atoms with Crippen molar-refractivity contribution in [2.75, 3.05) is 22.6 Å². The van der Waals surface area contributed by atoms with Crippen molar-refractivity contribution in [1.82, 2.24) is 19.7 Å². The number of ether oxygens (including phenoxy) is 2. The Bertz CT molecular complexity index is 1540. The van der Waals surface area contributed by atoms with E-state index in [-0.39, 0.29) is 30.1 Å². The second kappa shape index (κ2) is 9.96. The van der Waals surface area contributed by atoms with Gasteiger partial charge in [-0.05, 0) is 57.2 Å². The van der Waals surface area contributed by atoms with Crippen molar-refractivity contribution < 1.29 is 23.5 Å². The Balaban J connectivity index is 1.30. The van der Waals surface area contributed by atoms with E-state index in [9.17, 15) is 14.0 Å². The maximum atomic E-state index is 14.5. The zero-order valence-corrected chi connectivity index (χ0v) is 21.0. The van der Waals surface area contributed by atoms with Gasteiger partial charge >= 0.3 is 5.97 Å². The highest BCUT2D eigenvalue weighted by Crippen LogP contribution is 2.36. The molecule has 0 unspecified atom stereocenters. The Morgan fingerprint density at radius 3 is 2.76 bits per heavy atom. The Morgan fingerprint density at radius 1 is 1.16 bits per heavy atom. The van der Waals surface area contributed by atoms with Gasteiger partial charge in [-0.1, -0.05) is 0 Å². The maximum absolute atomic E-state index is 14.5. The van der Waals surface area contributed by atoms with Crippen molar-refractivity contribution in [2.24, 2.45) is 0 Å². The summed E-state index contributed by atoms with van der Waals surface area (Å²) in [7, 11) is 0. The van der Waals surface area contributed by atoms with Gasteiger partial charge in [-0.15, -0.1) is 0 Å². The number of rotatable bonds is 8. The molecule has 1 aliphatic heterocycles. The smallest absolute Gasteiger partial charge is 0.307 e. The fourth-order valence-electron chi connectivity index (χ4n) is 3.94. The lowest BCUT2D eigenvalue weighted by Crippen LogP contribution is -2.45. The number of anilines is 5. The highest BCUT2D eigenvalue weighted by atomic mass is 19.1. The normalized spacial score (nSPS) is 13.8. The zero-order chi connectivity index (χ0) is 26.9. The standard InChI is InChI=1S/C26H26FN7O4/c1-4-37-22(35)9-10-34-20-7-5-16(11-15(20)13-29-34)31-25-28-14-18(27)23(33-25)30-17-6-8-21-19(12-17)32-24(36)26(2,3)38-21/h5-8,11-14H,4,9-10H2,1-3H3,(H,32,36)(H2,28,30,31,33). The minimum atomic E-state index is -0.981. The monoisotopic (exact) mass is 519 g/mol. The summed E-state index contributed by atoms with van der Waals surface area (Å²) >= 11 is 0. The number of hydrogen-bond donors (Lipinski definition) is 3. The second-order valence-electron chi connectivity index (χ2n) is 9.11. The van der Waals surface area contributed by atoms with E-state index in [0.717, 1.165) is 17.1 Å². The van der Waals surface area contributed by atoms with E-state index >= 15 is 0 Å². The molecule has 2 aromatic heterocycles. The van der Waals surface area contributed by atoms with Crippen molar-refractivity contribution in [1.29, 1.82) is 0 Å². The number of carbonyl (C=O) groups excluding carboxylic acids is 2. The SMILES string of the molecule is CCOC(=O)CCn1ncc2cc(Nc3ncc(F)c(Nc4ccc5c(c4)NC(=O)C(C)(C)O5)n3)ccc21. The number of carbonyl (C=O) groups is 2. The third-order valence-electron chi connectivity index (χ3n) is 5.88. The summed E-state index contributed by atoms with van der Waals surface area (Å²) in [6, 6.07) is 10.6. The van der Waals surface area contributed by atoms with Gasteiger partial charge in [-0.2, -0.15) is 10.1 Å². The van der Waals surface area contributed by atoms with Crippen LogP contribution < -0.4 is 20.7 Å². The van der Waals surface area contributed by atoms with Crippen LogP contribution in [-0.2, 0) is 20.9 Å². The molecule has 4 aromatic rings. The molecule has 1 aliphatic rings. The van der Waals surface area contributed by atoms with Crippen LogP contribution in [0.3, 0.4) is 0 Å². The number of aryl methyl sites for hydroxylation is 1. The number of halogens is 1. The Labute approximate surface area is 217 Å². The Morgan fingerprint density at radius 2 is 1.95 bits per heavy atom. The first-order chi connectivity index (χ1) is 18.2. The molecule has 196 valence electrons. The molecule has 3 N–H and O–H groups in total. The molecule has 0 bridgehead atoms. The van der Waals surface area contributed by atoms with E-state index in [1.54, 1.807) is 49.8 Å². The minimum Gasteiger partial charge on any atom is -0.476 e. The summed E-state index contributed by atoms with van der Waals surface area (Å²) in [5.74, 6) is -0.538. The first-order valence-electron chi connectivity index (χ1n) is 12.0. The number of aromatic nitrogens is 4. The number of nitrogens with zero attached hydrogens (tertiary/aromatic N) is 4. The Hall–Kier alpha value is -4.74. The number of fused-ring (bicyclic) bond motifs is 2. The van der Waals surface area contributed by atoms with Gasteiger partial charge in [-0.25, -0.2) is 9.37 Å². The predicted octanol–water partition coefficient (Wildman–Crippen LogP) is 4.52. The first kappa shape index (κ1) is 24.9. The van der Waals surface area contributed by atoms with Crippen molar-refractivity contribution in [3.05, 3.63) is 54.6 Å². The highest BCUT2D eigenvalue weighted by molar-refractivity contribution is 6.00. The van der Waals surface area contributed by atoms with Crippen LogP contribution in [0, 0.1) is 5.82 Å². The first-order valence-corrected chi connectivity index (χ1v) is 12.0. The number of esters is 1. The molecule has 0 radical (unpaired) electrons. The van der Waals surface area contributed by atoms with Crippen LogP contribution in [0.4, 0.5) is 33.2 Å². The van der Waals surface area contributed by atoms with Crippen LogP contribution in [-0.4, -0.2) is 43.8 Å². The minimum absolute atomic E-state index is 0.0429. The zero-order valence-electron chi connectivity index (χ0n) is 21.0. The summed E-state index contributed by atoms with van der Waals surface area (Å²) in [5.41, 5.74) is 1.53. The van der Waals surface area contributed by atoms with Gasteiger partial charge in [0.15, 0.2) is 17.2 Å². The van der Waals surface area contributed by atoms with Crippen molar-refractivity contribution in [3.8, 4) is 5.75 Å². The van der Waals surface area contributed by atoms with E-state index in [1.165, 1.54) is 0 Å². The van der Waals surface area contributed by atoms with Gasteiger partial charge in [0.1, 0.15) is 5.75 Å². The summed E-state index contributed by atoms with van der Waals surface area (Å²) in [4.78, 5) is 32.2. The van der Waals surface area contributed by atoms with Crippen molar-refractivity contribution >= 4 is 51.6 Å². The lowest BCUT2D eigenvalue weighted by molar-refractivity contribution is -0.143. The molecule has 1 amide bonds. The number of hydrogen-bond acceptors (Lipinski definition) is 9. The van der Waals surface area contributed by atoms with E-state index in [4.69, 9.17) is 9.47 Å². The molecule has 5 rings (SSSR count). The van der Waals surface area contributed by atoms with Crippen LogP contribution in [0.15, 0.2) is 48.8 Å². The summed E-state index contributed by atoms with van der Waals surface area (Å²) in [5, 5.41) is 14.0. The number of benzene rings is 2. The third kappa shape index (κ3) is 5.19. The summed E-state index contributed by atoms with van der Waals surface area (Å²) < 4.78 is 27.0. The van der Waals surface area contributed by atoms with Crippen LogP contribution in [0.25, 0.3) is 10.9 Å². The average molecular weight is 520 g/mol. The van der Waals surface area contributed by atoms with Gasteiger partial charge in [0.2, 0.25) is 5.95 Å². The van der Waals surface area contributed by atoms with Gasteiger partial charge in [0.25, 0.3) is 5.91 Å². The molecule has 0 fully saturated rings. The topological polar surface area (TPSA) is 132 Å². The largest absolute Gasteiger partial charge is 0.476 e. The van der Waals surface area contributed by atoms with E-state index in [0.29, 0.717) is 36.0 Å². The van der Waals surface area contributed by atoms with E-state index < -0.39 is 11.4 Å². The molecule has 0 atom stereocenters. The molecule has 12 heteroatoms. The lowest BCUT2D eigenvalue weighted by Gasteiger charge is -2.31. The van der Waals surface area contributed by atoms with Crippen LogP contribution in [0.1, 0.15) is 27.2 Å². The molecular formula is C26H26FN7O4. The fraction of sp³-hybridized carbons (Fsp3) is 0.269. The van der Waals surface area contributed by atoms with Crippen LogP contribution in [0.2, 0.25) is 0 Å². The van der Waals surface area contributed by atoms with Crippen LogP contribution >= 0.6 is 0 Å². The molecule has 11 nitrogen and oxygen atoms in total. The fourth-order valence-corrected chi connectivity index (χ4v) is 3.94.